The molecule has 1 fully saturated rings. The molecule has 0 amide bonds. The number of hydrogen-bond acceptors (Lipinski definition) is 6. The molecule has 0 spiro atoms. The summed E-state index contributed by atoms with van der Waals surface area (Å²) in [6.07, 6.45) is 4.54. The van der Waals surface area contributed by atoms with E-state index in [0.717, 1.165) is 41.8 Å². The lowest BCUT2D eigenvalue weighted by Gasteiger charge is -2.23. The molecule has 4 aromatic rings. The molecule has 2 aromatic heterocycles. The minimum atomic E-state index is 0. The molecule has 3 N–H and O–H groups in total. The first-order valence-corrected chi connectivity index (χ1v) is 10.6. The van der Waals surface area contributed by atoms with Crippen LogP contribution in [0.2, 0.25) is 0 Å². The molecule has 3 heterocycles. The van der Waals surface area contributed by atoms with Gasteiger partial charge in [-0.3, -0.25) is 5.41 Å². The smallest absolute Gasteiger partial charge is 0.229 e. The van der Waals surface area contributed by atoms with Crippen LogP contribution in [-0.4, -0.2) is 48.6 Å². The van der Waals surface area contributed by atoms with E-state index >= 15 is 0 Å². The Morgan fingerprint density at radius 1 is 1.09 bits per heavy atom. The summed E-state index contributed by atoms with van der Waals surface area (Å²) in [6.45, 7) is 1.43. The van der Waals surface area contributed by atoms with E-state index in [9.17, 15) is 0 Å². The van der Waals surface area contributed by atoms with E-state index in [1.807, 2.05) is 70.4 Å². The van der Waals surface area contributed by atoms with Gasteiger partial charge in [0.2, 0.25) is 11.7 Å². The normalized spacial score (nSPS) is 15.4. The Labute approximate surface area is 197 Å². The van der Waals surface area contributed by atoms with Gasteiger partial charge in [0.15, 0.2) is 5.96 Å². The number of hydrogen-bond donors (Lipinski definition) is 2. The highest BCUT2D eigenvalue weighted by molar-refractivity contribution is 5.85. The van der Waals surface area contributed by atoms with E-state index in [-0.39, 0.29) is 24.4 Å². The van der Waals surface area contributed by atoms with Crippen LogP contribution in [0.15, 0.2) is 65.3 Å². The maximum Gasteiger partial charge on any atom is 0.229 e. The van der Waals surface area contributed by atoms with Gasteiger partial charge in [-0.15, -0.1) is 17.5 Å². The highest BCUT2D eigenvalue weighted by Crippen LogP contribution is 2.22. The van der Waals surface area contributed by atoms with Crippen LogP contribution in [0.25, 0.3) is 22.6 Å². The van der Waals surface area contributed by atoms with Crippen LogP contribution in [0.1, 0.15) is 24.3 Å². The Bertz CT molecular complexity index is 1200. The molecule has 10 heteroatoms. The van der Waals surface area contributed by atoms with Crippen LogP contribution in [0.4, 0.5) is 0 Å². The van der Waals surface area contributed by atoms with E-state index in [4.69, 9.17) is 15.7 Å². The zero-order chi connectivity index (χ0) is 21.9. The van der Waals surface area contributed by atoms with Gasteiger partial charge >= 0.3 is 0 Å². The van der Waals surface area contributed by atoms with E-state index in [1.165, 1.54) is 0 Å². The number of nitrogens with two attached hydrogens (primary N) is 1. The second-order valence-electron chi connectivity index (χ2n) is 7.95. The first-order chi connectivity index (χ1) is 15.7. The third kappa shape index (κ3) is 5.04. The highest BCUT2D eigenvalue weighted by Gasteiger charge is 2.27. The molecule has 5 rings (SSSR count). The molecule has 0 unspecified atom stereocenters. The Morgan fingerprint density at radius 3 is 2.64 bits per heavy atom. The molecule has 0 bridgehead atoms. The number of benzene rings is 2. The second-order valence-corrected chi connectivity index (χ2v) is 7.95. The predicted molar refractivity (Wildman–Crippen MR) is 127 cm³/mol. The third-order valence-corrected chi connectivity index (χ3v) is 5.73. The molecule has 1 aliphatic heterocycles. The maximum absolute atomic E-state index is 7.70. The first-order valence-electron chi connectivity index (χ1n) is 10.6. The lowest BCUT2D eigenvalue weighted by Crippen LogP contribution is -2.41. The van der Waals surface area contributed by atoms with Crippen LogP contribution >= 0.6 is 12.4 Å². The maximum atomic E-state index is 7.70. The molecule has 0 saturated carbocycles. The molecule has 1 saturated heterocycles. The van der Waals surface area contributed by atoms with Crippen molar-refractivity contribution in [1.29, 1.82) is 5.41 Å². The predicted octanol–water partition coefficient (Wildman–Crippen LogP) is 3.37. The topological polar surface area (TPSA) is 123 Å². The Kier molecular flexibility index (Phi) is 6.69. The molecular formula is C23H25ClN8O. The van der Waals surface area contributed by atoms with Crippen molar-refractivity contribution >= 4 is 18.4 Å². The van der Waals surface area contributed by atoms with Gasteiger partial charge in [0.25, 0.3) is 0 Å². The summed E-state index contributed by atoms with van der Waals surface area (Å²) >= 11 is 0. The van der Waals surface area contributed by atoms with Gasteiger partial charge in [0, 0.05) is 30.1 Å². The van der Waals surface area contributed by atoms with Gasteiger partial charge in [0.05, 0.1) is 12.7 Å². The molecule has 0 aliphatic carbocycles. The van der Waals surface area contributed by atoms with Crippen molar-refractivity contribution in [1.82, 2.24) is 30.0 Å². The molecule has 9 nitrogen and oxygen atoms in total. The van der Waals surface area contributed by atoms with Crippen LogP contribution in [-0.2, 0) is 13.0 Å². The number of guanidine groups is 1. The standard InChI is InChI=1S/C23H24N8O.ClH/c24-23(25)31-12-4-7-19(31)13-21-26-22(28-32-21)18-10-8-16(9-11-18)14-30-15-20(27-29-30)17-5-2-1-3-6-17;/h1-3,5-6,8-11,15,19H,4,7,12-14H2,(H3,24,25);1H/t19-;/m0./s1. The minimum Gasteiger partial charge on any atom is -0.370 e. The Balaban J connectivity index is 0.00000259. The molecular weight excluding hydrogens is 440 g/mol. The van der Waals surface area contributed by atoms with Gasteiger partial charge in [0.1, 0.15) is 5.69 Å². The summed E-state index contributed by atoms with van der Waals surface area (Å²) in [5, 5.41) is 20.3. The molecule has 2 aromatic carbocycles. The monoisotopic (exact) mass is 464 g/mol. The van der Waals surface area contributed by atoms with Crippen LogP contribution in [0, 0.1) is 5.41 Å². The quantitative estimate of drug-likeness (QED) is 0.331. The zero-order valence-corrected chi connectivity index (χ0v) is 18.8. The first kappa shape index (κ1) is 22.5. The molecule has 170 valence electrons. The largest absolute Gasteiger partial charge is 0.370 e. The van der Waals surface area contributed by atoms with Crippen molar-refractivity contribution in [2.24, 2.45) is 5.73 Å². The number of halogens is 1. The van der Waals surface area contributed by atoms with Crippen molar-refractivity contribution in [3.8, 4) is 22.6 Å². The van der Waals surface area contributed by atoms with E-state index in [1.54, 1.807) is 0 Å². The average molecular weight is 465 g/mol. The molecule has 33 heavy (non-hydrogen) atoms. The summed E-state index contributed by atoms with van der Waals surface area (Å²) in [7, 11) is 0. The third-order valence-electron chi connectivity index (χ3n) is 5.73. The number of likely N-dealkylation sites (tertiary alicyclic amines) is 1. The fourth-order valence-corrected chi connectivity index (χ4v) is 4.08. The second kappa shape index (κ2) is 9.83. The zero-order valence-electron chi connectivity index (χ0n) is 18.0. The molecule has 1 atom stereocenters. The van der Waals surface area contributed by atoms with E-state index < -0.39 is 0 Å². The number of aromatic nitrogens is 5. The Morgan fingerprint density at radius 2 is 1.88 bits per heavy atom. The van der Waals surface area contributed by atoms with Gasteiger partial charge in [-0.05, 0) is 18.4 Å². The van der Waals surface area contributed by atoms with Gasteiger partial charge < -0.3 is 15.2 Å². The van der Waals surface area contributed by atoms with Crippen molar-refractivity contribution in [2.45, 2.75) is 31.8 Å². The van der Waals surface area contributed by atoms with Gasteiger partial charge in [-0.25, -0.2) is 4.68 Å². The van der Waals surface area contributed by atoms with Crippen molar-refractivity contribution in [3.05, 3.63) is 72.2 Å². The fraction of sp³-hybridized carbons (Fsp3) is 0.261. The van der Waals surface area contributed by atoms with Gasteiger partial charge in [-0.1, -0.05) is 65.0 Å². The number of nitrogens with zero attached hydrogens (tertiary/aromatic N) is 6. The summed E-state index contributed by atoms with van der Waals surface area (Å²) in [5.41, 5.74) is 9.56. The SMILES string of the molecule is Cl.N=C(N)N1CCC[C@H]1Cc1nc(-c2ccc(Cn3cc(-c4ccccc4)nn3)cc2)no1. The van der Waals surface area contributed by atoms with Gasteiger partial charge in [-0.2, -0.15) is 4.98 Å². The van der Waals surface area contributed by atoms with Crippen LogP contribution in [0.3, 0.4) is 0 Å². The molecule has 1 aliphatic rings. The van der Waals surface area contributed by atoms with E-state index in [0.29, 0.717) is 24.7 Å². The fourth-order valence-electron chi connectivity index (χ4n) is 4.08. The molecule has 0 radical (unpaired) electrons. The summed E-state index contributed by atoms with van der Waals surface area (Å²) in [5.74, 6) is 1.23. The van der Waals surface area contributed by atoms with Crippen molar-refractivity contribution in [3.63, 3.8) is 0 Å². The Hall–Kier alpha value is -3.72. The lowest BCUT2D eigenvalue weighted by atomic mass is 10.1. The highest BCUT2D eigenvalue weighted by atomic mass is 35.5. The summed E-state index contributed by atoms with van der Waals surface area (Å²) in [6, 6.07) is 18.2. The van der Waals surface area contributed by atoms with Crippen LogP contribution < -0.4 is 5.73 Å². The lowest BCUT2D eigenvalue weighted by molar-refractivity contribution is 0.320. The van der Waals surface area contributed by atoms with Crippen LogP contribution in [0.5, 0.6) is 0 Å². The van der Waals surface area contributed by atoms with Crippen molar-refractivity contribution < 1.29 is 4.52 Å². The summed E-state index contributed by atoms with van der Waals surface area (Å²) in [4.78, 5) is 6.44. The number of rotatable bonds is 6. The van der Waals surface area contributed by atoms with E-state index in [2.05, 4.69) is 20.5 Å². The van der Waals surface area contributed by atoms with Crippen molar-refractivity contribution in [2.75, 3.05) is 6.54 Å². The summed E-state index contributed by atoms with van der Waals surface area (Å²) < 4.78 is 7.28. The average Bonchev–Trinajstić information content (AvgIpc) is 3.57. The minimum absolute atomic E-state index is 0. The number of nitrogens with one attached hydrogen (secondary N) is 1.